The lowest BCUT2D eigenvalue weighted by atomic mass is 9.79. The van der Waals surface area contributed by atoms with E-state index in [1.54, 1.807) is 0 Å². The molecule has 0 aliphatic carbocycles. The molecule has 0 radical (unpaired) electrons. The van der Waals surface area contributed by atoms with E-state index in [-0.39, 0.29) is 25.0 Å². The third kappa shape index (κ3) is 4.95. The van der Waals surface area contributed by atoms with Gasteiger partial charge in [-0.3, -0.25) is 9.59 Å². The van der Waals surface area contributed by atoms with Gasteiger partial charge in [0, 0.05) is 19.8 Å². The van der Waals surface area contributed by atoms with Crippen molar-refractivity contribution in [1.29, 1.82) is 0 Å². The molecule has 1 aromatic carbocycles. The highest BCUT2D eigenvalue weighted by Crippen LogP contribution is 2.30. The number of nitrogens with one attached hydrogen (secondary N) is 1. The van der Waals surface area contributed by atoms with Crippen LogP contribution in [0, 0.1) is 5.41 Å². The van der Waals surface area contributed by atoms with Gasteiger partial charge in [0.25, 0.3) is 5.91 Å². The molecule has 0 bridgehead atoms. The highest BCUT2D eigenvalue weighted by atomic mass is 16.5. The number of benzene rings is 1. The van der Waals surface area contributed by atoms with Gasteiger partial charge in [-0.15, -0.1) is 0 Å². The minimum absolute atomic E-state index is 0.0845. The summed E-state index contributed by atoms with van der Waals surface area (Å²) in [6.07, 6.45) is 2.05. The van der Waals surface area contributed by atoms with Crippen molar-refractivity contribution in [2.24, 2.45) is 11.1 Å². The van der Waals surface area contributed by atoms with Crippen LogP contribution in [0.1, 0.15) is 44.6 Å². The van der Waals surface area contributed by atoms with Crippen LogP contribution in [0.4, 0.5) is 0 Å². The molecule has 2 amide bonds. The Hall–Kier alpha value is -2.08. The fourth-order valence-electron chi connectivity index (χ4n) is 2.97. The van der Waals surface area contributed by atoms with Crippen molar-refractivity contribution in [3.05, 3.63) is 29.8 Å². The van der Waals surface area contributed by atoms with Gasteiger partial charge in [0.15, 0.2) is 6.61 Å². The van der Waals surface area contributed by atoms with E-state index >= 15 is 0 Å². The Balaban J connectivity index is 1.90. The van der Waals surface area contributed by atoms with Crippen molar-refractivity contribution >= 4 is 11.8 Å². The Morgan fingerprint density at radius 1 is 1.32 bits per heavy atom. The predicted octanol–water partition coefficient (Wildman–Crippen LogP) is 1.98. The number of rotatable bonds is 8. The maximum atomic E-state index is 12.2. The zero-order valence-corrected chi connectivity index (χ0v) is 15.0. The summed E-state index contributed by atoms with van der Waals surface area (Å²) < 4.78 is 11.0. The van der Waals surface area contributed by atoms with Crippen LogP contribution >= 0.6 is 0 Å². The Labute approximate surface area is 149 Å². The Kier molecular flexibility index (Phi) is 6.82. The summed E-state index contributed by atoms with van der Waals surface area (Å²) in [5, 5.41) is 2.79. The van der Waals surface area contributed by atoms with E-state index in [9.17, 15) is 9.59 Å². The number of para-hydroxylation sites is 1. The van der Waals surface area contributed by atoms with Crippen LogP contribution in [0.3, 0.4) is 0 Å². The smallest absolute Gasteiger partial charge is 0.257 e. The Morgan fingerprint density at radius 2 is 2.00 bits per heavy atom. The van der Waals surface area contributed by atoms with E-state index in [0.717, 1.165) is 17.7 Å². The molecule has 1 unspecified atom stereocenters. The Bertz CT molecular complexity index is 597. The first-order chi connectivity index (χ1) is 12.0. The molecule has 6 nitrogen and oxygen atoms in total. The van der Waals surface area contributed by atoms with Gasteiger partial charge in [-0.25, -0.2) is 0 Å². The molecular formula is C19H28N2O4. The second-order valence-corrected chi connectivity index (χ2v) is 6.67. The van der Waals surface area contributed by atoms with Gasteiger partial charge in [-0.1, -0.05) is 32.0 Å². The van der Waals surface area contributed by atoms with Crippen molar-refractivity contribution in [1.82, 2.24) is 5.32 Å². The molecule has 1 fully saturated rings. The Morgan fingerprint density at radius 3 is 2.64 bits per heavy atom. The number of ether oxygens (including phenoxy) is 2. The van der Waals surface area contributed by atoms with E-state index in [1.807, 2.05) is 24.3 Å². The molecule has 1 atom stereocenters. The first-order valence-corrected chi connectivity index (χ1v) is 8.84. The quantitative estimate of drug-likeness (QED) is 0.751. The summed E-state index contributed by atoms with van der Waals surface area (Å²) in [7, 11) is 0. The van der Waals surface area contributed by atoms with E-state index in [2.05, 4.69) is 19.2 Å². The summed E-state index contributed by atoms with van der Waals surface area (Å²) >= 11 is 0. The van der Waals surface area contributed by atoms with Crippen molar-refractivity contribution < 1.29 is 19.1 Å². The topological polar surface area (TPSA) is 90.6 Å². The molecule has 138 valence electrons. The molecule has 2 rings (SSSR count). The lowest BCUT2D eigenvalue weighted by Crippen LogP contribution is -2.50. The fourth-order valence-corrected chi connectivity index (χ4v) is 2.97. The summed E-state index contributed by atoms with van der Waals surface area (Å²) in [6.45, 7) is 5.35. The number of hydrogen-bond donors (Lipinski definition) is 2. The molecule has 6 heteroatoms. The van der Waals surface area contributed by atoms with Gasteiger partial charge in [0.05, 0.1) is 5.41 Å². The lowest BCUT2D eigenvalue weighted by molar-refractivity contribution is -0.134. The van der Waals surface area contributed by atoms with Crippen LogP contribution < -0.4 is 15.8 Å². The summed E-state index contributed by atoms with van der Waals surface area (Å²) in [5.74, 6) is 0.438. The number of hydrogen-bond acceptors (Lipinski definition) is 4. The largest absolute Gasteiger partial charge is 0.483 e. The van der Waals surface area contributed by atoms with Crippen LogP contribution in [0.15, 0.2) is 24.3 Å². The van der Waals surface area contributed by atoms with Gasteiger partial charge in [-0.2, -0.15) is 0 Å². The van der Waals surface area contributed by atoms with E-state index in [1.165, 1.54) is 0 Å². The minimum atomic E-state index is -0.720. The lowest BCUT2D eigenvalue weighted by Gasteiger charge is -2.34. The zero-order valence-electron chi connectivity index (χ0n) is 15.0. The molecule has 1 aliphatic rings. The molecule has 25 heavy (non-hydrogen) atoms. The van der Waals surface area contributed by atoms with Crippen LogP contribution in [0.5, 0.6) is 5.75 Å². The van der Waals surface area contributed by atoms with Crippen molar-refractivity contribution in [2.45, 2.75) is 39.0 Å². The molecule has 0 aromatic heterocycles. The van der Waals surface area contributed by atoms with Gasteiger partial charge >= 0.3 is 0 Å². The van der Waals surface area contributed by atoms with Crippen molar-refractivity contribution in [2.75, 3.05) is 26.4 Å². The SMILES string of the molecule is CCC(C)c1ccccc1OCC(=O)NCC1(C(N)=O)CCOCC1. The summed E-state index contributed by atoms with van der Waals surface area (Å²) in [6, 6.07) is 7.75. The molecule has 1 aromatic rings. The number of carbonyl (C=O) groups excluding carboxylic acids is 2. The molecular weight excluding hydrogens is 320 g/mol. The van der Waals surface area contributed by atoms with Gasteiger partial charge in [0.1, 0.15) is 5.75 Å². The number of primary amides is 1. The summed E-state index contributed by atoms with van der Waals surface area (Å²) in [4.78, 5) is 24.0. The van der Waals surface area contributed by atoms with E-state index < -0.39 is 5.41 Å². The van der Waals surface area contributed by atoms with Crippen molar-refractivity contribution in [3.63, 3.8) is 0 Å². The second-order valence-electron chi connectivity index (χ2n) is 6.67. The maximum Gasteiger partial charge on any atom is 0.257 e. The van der Waals surface area contributed by atoms with Gasteiger partial charge < -0.3 is 20.5 Å². The van der Waals surface area contributed by atoms with E-state index in [0.29, 0.717) is 32.0 Å². The van der Waals surface area contributed by atoms with Crippen LogP contribution in [0.2, 0.25) is 0 Å². The molecule has 1 heterocycles. The zero-order chi connectivity index (χ0) is 18.3. The number of carbonyl (C=O) groups is 2. The maximum absolute atomic E-state index is 12.2. The highest BCUT2D eigenvalue weighted by molar-refractivity contribution is 5.83. The number of nitrogens with two attached hydrogens (primary N) is 1. The second kappa shape index (κ2) is 8.85. The molecule has 1 saturated heterocycles. The van der Waals surface area contributed by atoms with Crippen LogP contribution in [0.25, 0.3) is 0 Å². The van der Waals surface area contributed by atoms with E-state index in [4.69, 9.17) is 15.2 Å². The number of amides is 2. The third-order valence-electron chi connectivity index (χ3n) is 5.02. The summed E-state index contributed by atoms with van der Waals surface area (Å²) in [5.41, 5.74) is 5.92. The molecule has 0 saturated carbocycles. The third-order valence-corrected chi connectivity index (χ3v) is 5.02. The molecule has 1 aliphatic heterocycles. The molecule has 0 spiro atoms. The average molecular weight is 348 g/mol. The fraction of sp³-hybridized carbons (Fsp3) is 0.579. The molecule has 3 N–H and O–H groups in total. The van der Waals surface area contributed by atoms with Gasteiger partial charge in [0.2, 0.25) is 5.91 Å². The standard InChI is InChI=1S/C19H28N2O4/c1-3-14(2)15-6-4-5-7-16(15)25-12-17(22)21-13-19(18(20)23)8-10-24-11-9-19/h4-7,14H,3,8-13H2,1-2H3,(H2,20,23)(H,21,22). The predicted molar refractivity (Wildman–Crippen MR) is 95.3 cm³/mol. The first kappa shape index (κ1) is 19.2. The van der Waals surface area contributed by atoms with Crippen molar-refractivity contribution in [3.8, 4) is 5.75 Å². The van der Waals surface area contributed by atoms with Crippen LogP contribution in [-0.2, 0) is 14.3 Å². The minimum Gasteiger partial charge on any atom is -0.483 e. The monoisotopic (exact) mass is 348 g/mol. The average Bonchev–Trinajstić information content (AvgIpc) is 2.65. The normalized spacial score (nSPS) is 17.5. The first-order valence-electron chi connectivity index (χ1n) is 8.84. The van der Waals surface area contributed by atoms with Crippen LogP contribution in [-0.4, -0.2) is 38.2 Å². The highest BCUT2D eigenvalue weighted by Gasteiger charge is 2.38. The van der Waals surface area contributed by atoms with Gasteiger partial charge in [-0.05, 0) is 36.8 Å².